The molecule has 210 valence electrons. The zero-order valence-electron chi connectivity index (χ0n) is 23.1. The van der Waals surface area contributed by atoms with E-state index in [9.17, 15) is 9.59 Å². The Morgan fingerprint density at radius 2 is 1.85 bits per heavy atom. The van der Waals surface area contributed by atoms with Gasteiger partial charge >= 0.3 is 6.09 Å². The number of carbonyl (C=O) groups excluding carboxylic acids is 2. The van der Waals surface area contributed by atoms with Crippen molar-refractivity contribution in [1.82, 2.24) is 15.8 Å². The molecule has 2 amide bonds. The predicted octanol–water partition coefficient (Wildman–Crippen LogP) is 5.45. The lowest BCUT2D eigenvalue weighted by Gasteiger charge is -2.33. The van der Waals surface area contributed by atoms with Gasteiger partial charge in [-0.2, -0.15) is 0 Å². The van der Waals surface area contributed by atoms with E-state index in [4.69, 9.17) is 19.7 Å². The lowest BCUT2D eigenvalue weighted by Crippen LogP contribution is -2.47. The molecule has 0 aliphatic heterocycles. The van der Waals surface area contributed by atoms with Crippen molar-refractivity contribution >= 4 is 23.6 Å². The maximum atomic E-state index is 13.5. The van der Waals surface area contributed by atoms with Crippen LogP contribution in [0.1, 0.15) is 59.3 Å². The maximum absolute atomic E-state index is 13.5. The lowest BCUT2D eigenvalue weighted by atomic mass is 9.85. The number of guanidine groups is 1. The first-order chi connectivity index (χ1) is 19.2. The average Bonchev–Trinajstić information content (AvgIpc) is 3.33. The third kappa shape index (κ3) is 6.88. The van der Waals surface area contributed by atoms with Gasteiger partial charge in [-0.05, 0) is 93.1 Å². The number of amides is 2. The number of alkyl carbamates (subject to hydrolysis) is 1. The topological polar surface area (TPSA) is 141 Å². The Kier molecular flexibility index (Phi) is 8.88. The Hall–Kier alpha value is -4.60. The summed E-state index contributed by atoms with van der Waals surface area (Å²) in [6.07, 6.45) is 5.28. The first-order valence-electron chi connectivity index (χ1n) is 13.2. The second kappa shape index (κ2) is 12.5. The van der Waals surface area contributed by atoms with E-state index in [0.717, 1.165) is 30.4 Å². The Morgan fingerprint density at radius 3 is 2.50 bits per heavy atom. The van der Waals surface area contributed by atoms with Crippen molar-refractivity contribution in [2.45, 2.75) is 58.1 Å². The molecule has 0 saturated heterocycles. The number of nitrogens with two attached hydrogens (primary N) is 1. The van der Waals surface area contributed by atoms with Crippen molar-refractivity contribution in [2.24, 2.45) is 4.99 Å². The minimum absolute atomic E-state index is 0.0774. The molecule has 1 aromatic heterocycles. The fraction of sp³-hybridized carbons (Fsp3) is 0.333. The van der Waals surface area contributed by atoms with Crippen LogP contribution in [-0.4, -0.2) is 35.8 Å². The van der Waals surface area contributed by atoms with Crippen LogP contribution in [0, 0.1) is 13.8 Å². The standard InChI is InChI=1S/C30H35N5O5/c1-5-30(13-7-6-8-14-30)39-29(37)34-28(32-18-21-15-19(2)16-23(31)17-21)33-27(36)25-20(3)40-35-26(25)22-9-11-24(38-4)12-10-22/h5,9-12,15-17H,1,6-8,13-14,18,31H2,2-4H3,(H2,32,33,34,36,37). The molecule has 1 aliphatic carbocycles. The molecule has 3 aromatic rings. The number of aromatic nitrogens is 1. The molecule has 10 heteroatoms. The Labute approximate surface area is 233 Å². The molecular formula is C30H35N5O5. The number of ether oxygens (including phenoxy) is 2. The van der Waals surface area contributed by atoms with E-state index in [1.54, 1.807) is 50.4 Å². The van der Waals surface area contributed by atoms with Gasteiger partial charge in [-0.25, -0.2) is 9.79 Å². The number of carbonyl (C=O) groups is 2. The van der Waals surface area contributed by atoms with Gasteiger partial charge in [0.05, 0.1) is 13.7 Å². The zero-order chi connectivity index (χ0) is 28.7. The van der Waals surface area contributed by atoms with Crippen LogP contribution in [0.5, 0.6) is 5.75 Å². The summed E-state index contributed by atoms with van der Waals surface area (Å²) in [6.45, 7) is 7.60. The molecule has 1 fully saturated rings. The van der Waals surface area contributed by atoms with Crippen LogP contribution in [0.3, 0.4) is 0 Å². The van der Waals surface area contributed by atoms with Gasteiger partial charge in [0, 0.05) is 11.3 Å². The van der Waals surface area contributed by atoms with Crippen LogP contribution >= 0.6 is 0 Å². The molecule has 0 radical (unpaired) electrons. The number of nitrogen functional groups attached to an aromatic ring is 1. The van der Waals surface area contributed by atoms with E-state index >= 15 is 0 Å². The number of aryl methyl sites for hydroxylation is 2. The summed E-state index contributed by atoms with van der Waals surface area (Å²) < 4.78 is 16.4. The van der Waals surface area contributed by atoms with Gasteiger partial charge in [0.1, 0.15) is 28.4 Å². The van der Waals surface area contributed by atoms with Crippen molar-refractivity contribution < 1.29 is 23.6 Å². The summed E-state index contributed by atoms with van der Waals surface area (Å²) >= 11 is 0. The number of rotatable bonds is 7. The van der Waals surface area contributed by atoms with E-state index < -0.39 is 17.6 Å². The first-order valence-corrected chi connectivity index (χ1v) is 13.2. The fourth-order valence-electron chi connectivity index (χ4n) is 4.83. The molecule has 1 saturated carbocycles. The van der Waals surface area contributed by atoms with E-state index in [1.807, 2.05) is 19.1 Å². The zero-order valence-corrected chi connectivity index (χ0v) is 23.1. The van der Waals surface area contributed by atoms with Crippen LogP contribution in [-0.2, 0) is 11.3 Å². The second-order valence-corrected chi connectivity index (χ2v) is 9.91. The lowest BCUT2D eigenvalue weighted by molar-refractivity contribution is 0.0232. The summed E-state index contributed by atoms with van der Waals surface area (Å²) in [6, 6.07) is 12.6. The summed E-state index contributed by atoms with van der Waals surface area (Å²) in [5.41, 5.74) is 8.83. The molecular weight excluding hydrogens is 510 g/mol. The Bertz CT molecular complexity index is 1380. The SMILES string of the molecule is C=CC1(OC(=O)NC(=NCc2cc(C)cc(N)c2)NC(=O)c2c(-c3ccc(OC)cc3)noc2C)CCCCC1. The summed E-state index contributed by atoms with van der Waals surface area (Å²) in [5.74, 6) is 0.346. The second-order valence-electron chi connectivity index (χ2n) is 9.91. The summed E-state index contributed by atoms with van der Waals surface area (Å²) in [5, 5.41) is 9.42. The molecule has 40 heavy (non-hydrogen) atoms. The monoisotopic (exact) mass is 545 g/mol. The van der Waals surface area contributed by atoms with E-state index in [2.05, 4.69) is 27.4 Å². The Morgan fingerprint density at radius 1 is 1.12 bits per heavy atom. The minimum atomic E-state index is -0.755. The van der Waals surface area contributed by atoms with Crippen LogP contribution in [0.15, 0.2) is 64.6 Å². The number of benzene rings is 2. The molecule has 4 rings (SSSR count). The number of hydrogen-bond acceptors (Lipinski definition) is 8. The quantitative estimate of drug-likeness (QED) is 0.155. The van der Waals surface area contributed by atoms with Crippen LogP contribution in [0.2, 0.25) is 0 Å². The van der Waals surface area contributed by atoms with E-state index in [0.29, 0.717) is 41.3 Å². The number of methoxy groups -OCH3 is 1. The van der Waals surface area contributed by atoms with Crippen molar-refractivity contribution in [2.75, 3.05) is 12.8 Å². The highest BCUT2D eigenvalue weighted by Crippen LogP contribution is 2.32. The third-order valence-electron chi connectivity index (χ3n) is 6.85. The fourth-order valence-corrected chi connectivity index (χ4v) is 4.83. The van der Waals surface area contributed by atoms with Gasteiger partial charge in [-0.3, -0.25) is 15.4 Å². The van der Waals surface area contributed by atoms with Gasteiger partial charge < -0.3 is 19.7 Å². The van der Waals surface area contributed by atoms with Crippen LogP contribution < -0.4 is 21.1 Å². The minimum Gasteiger partial charge on any atom is -0.497 e. The molecule has 4 N–H and O–H groups in total. The summed E-state index contributed by atoms with van der Waals surface area (Å²) in [4.78, 5) is 31.0. The number of anilines is 1. The highest BCUT2D eigenvalue weighted by atomic mass is 16.6. The summed E-state index contributed by atoms with van der Waals surface area (Å²) in [7, 11) is 1.57. The van der Waals surface area contributed by atoms with E-state index in [1.165, 1.54) is 0 Å². The molecule has 0 atom stereocenters. The Balaban J connectivity index is 1.59. The van der Waals surface area contributed by atoms with Gasteiger partial charge in [0.25, 0.3) is 5.91 Å². The normalized spacial score (nSPS) is 14.7. The number of nitrogens with zero attached hydrogens (tertiary/aromatic N) is 2. The van der Waals surface area contributed by atoms with Crippen molar-refractivity contribution in [3.05, 3.63) is 77.6 Å². The number of nitrogens with one attached hydrogen (secondary N) is 2. The van der Waals surface area contributed by atoms with Gasteiger partial charge in [0.2, 0.25) is 5.96 Å². The maximum Gasteiger partial charge on any atom is 0.414 e. The molecule has 0 spiro atoms. The molecule has 1 heterocycles. The van der Waals surface area contributed by atoms with Crippen molar-refractivity contribution in [1.29, 1.82) is 0 Å². The van der Waals surface area contributed by atoms with Crippen molar-refractivity contribution in [3.63, 3.8) is 0 Å². The van der Waals surface area contributed by atoms with Gasteiger partial charge in [-0.1, -0.05) is 24.2 Å². The van der Waals surface area contributed by atoms with Gasteiger partial charge in [-0.15, -0.1) is 0 Å². The highest BCUT2D eigenvalue weighted by Gasteiger charge is 2.33. The van der Waals surface area contributed by atoms with E-state index in [-0.39, 0.29) is 18.1 Å². The number of aliphatic imine (C=N–C) groups is 1. The molecule has 0 bridgehead atoms. The molecule has 1 aliphatic rings. The number of hydrogen-bond donors (Lipinski definition) is 3. The molecule has 0 unspecified atom stereocenters. The smallest absolute Gasteiger partial charge is 0.414 e. The predicted molar refractivity (Wildman–Crippen MR) is 153 cm³/mol. The average molecular weight is 546 g/mol. The van der Waals surface area contributed by atoms with Crippen LogP contribution in [0.25, 0.3) is 11.3 Å². The van der Waals surface area contributed by atoms with Gasteiger partial charge in [0.15, 0.2) is 0 Å². The molecule has 2 aromatic carbocycles. The first kappa shape index (κ1) is 28.4. The molecule has 10 nitrogen and oxygen atoms in total. The van der Waals surface area contributed by atoms with Crippen LogP contribution in [0.4, 0.5) is 10.5 Å². The highest BCUT2D eigenvalue weighted by molar-refractivity contribution is 6.11. The van der Waals surface area contributed by atoms with Crippen molar-refractivity contribution in [3.8, 4) is 17.0 Å². The third-order valence-corrected chi connectivity index (χ3v) is 6.85. The largest absolute Gasteiger partial charge is 0.497 e.